The highest BCUT2D eigenvalue weighted by Gasteiger charge is 2.18. The molecule has 0 spiro atoms. The zero-order valence-electron chi connectivity index (χ0n) is 12.4. The van der Waals surface area contributed by atoms with Crippen LogP contribution in [0, 0.1) is 0 Å². The summed E-state index contributed by atoms with van der Waals surface area (Å²) in [5.41, 5.74) is 0.945. The van der Waals surface area contributed by atoms with Gasteiger partial charge in [0.2, 0.25) is 5.91 Å². The fourth-order valence-corrected chi connectivity index (χ4v) is 4.26. The number of benzene rings is 1. The van der Waals surface area contributed by atoms with Crippen LogP contribution in [-0.4, -0.2) is 27.8 Å². The van der Waals surface area contributed by atoms with Crippen molar-refractivity contribution in [3.05, 3.63) is 48.4 Å². The molecule has 0 unspecified atom stereocenters. The lowest BCUT2D eigenvalue weighted by Gasteiger charge is -2.12. The number of furan rings is 1. The van der Waals surface area contributed by atoms with E-state index < -0.39 is 6.10 Å². The number of rotatable bonds is 6. The zero-order chi connectivity index (χ0) is 16.2. The molecule has 1 aromatic carbocycles. The first-order valence-corrected chi connectivity index (χ1v) is 8.84. The van der Waals surface area contributed by atoms with Gasteiger partial charge in [-0.15, -0.1) is 11.3 Å². The molecule has 2 N–H and O–H groups in total. The van der Waals surface area contributed by atoms with Gasteiger partial charge >= 0.3 is 0 Å². The third kappa shape index (κ3) is 3.93. The molecule has 0 bridgehead atoms. The van der Waals surface area contributed by atoms with Crippen LogP contribution in [0.5, 0.6) is 0 Å². The molecule has 2 aromatic heterocycles. The van der Waals surface area contributed by atoms with Gasteiger partial charge in [-0.05, 0) is 31.2 Å². The van der Waals surface area contributed by atoms with E-state index in [1.165, 1.54) is 18.0 Å². The van der Waals surface area contributed by atoms with E-state index >= 15 is 0 Å². The monoisotopic (exact) mass is 348 g/mol. The summed E-state index contributed by atoms with van der Waals surface area (Å²) in [6.45, 7) is 1.95. The van der Waals surface area contributed by atoms with Crippen molar-refractivity contribution in [3.63, 3.8) is 0 Å². The number of hydrogen-bond donors (Lipinski definition) is 2. The Labute approximate surface area is 141 Å². The summed E-state index contributed by atoms with van der Waals surface area (Å²) in [7, 11) is 0. The molecule has 0 radical (unpaired) electrons. The number of carbonyl (C=O) groups excluding carboxylic acids is 1. The minimum Gasteiger partial charge on any atom is -0.467 e. The molecule has 7 heteroatoms. The van der Waals surface area contributed by atoms with Gasteiger partial charge in [-0.1, -0.05) is 23.9 Å². The fraction of sp³-hybridized carbons (Fsp3) is 0.250. The second-order valence-corrected chi connectivity index (χ2v) is 7.60. The van der Waals surface area contributed by atoms with Gasteiger partial charge in [0.15, 0.2) is 4.34 Å². The molecule has 2 heterocycles. The summed E-state index contributed by atoms with van der Waals surface area (Å²) >= 11 is 2.99. The maximum absolute atomic E-state index is 12.1. The number of carbonyl (C=O) groups is 1. The van der Waals surface area contributed by atoms with Crippen LogP contribution in [0.2, 0.25) is 0 Å². The van der Waals surface area contributed by atoms with E-state index in [2.05, 4.69) is 10.3 Å². The lowest BCUT2D eigenvalue weighted by molar-refractivity contribution is -0.120. The number of fused-ring (bicyclic) bond motifs is 1. The minimum absolute atomic E-state index is 0.122. The normalized spacial score (nSPS) is 13.8. The number of para-hydroxylation sites is 1. The first-order chi connectivity index (χ1) is 11.1. The van der Waals surface area contributed by atoms with Crippen molar-refractivity contribution in [3.8, 4) is 0 Å². The van der Waals surface area contributed by atoms with Gasteiger partial charge in [0.1, 0.15) is 11.9 Å². The number of nitrogens with one attached hydrogen (secondary N) is 1. The number of amides is 1. The van der Waals surface area contributed by atoms with Crippen LogP contribution in [0.25, 0.3) is 10.2 Å². The average molecular weight is 348 g/mol. The Balaban J connectivity index is 1.55. The summed E-state index contributed by atoms with van der Waals surface area (Å²) in [4.78, 5) is 16.6. The molecular weight excluding hydrogens is 332 g/mol. The van der Waals surface area contributed by atoms with Gasteiger partial charge in [0.05, 0.1) is 28.3 Å². The van der Waals surface area contributed by atoms with Crippen molar-refractivity contribution in [1.82, 2.24) is 10.3 Å². The molecule has 3 aromatic rings. The molecule has 1 amide bonds. The predicted molar refractivity (Wildman–Crippen MR) is 91.6 cm³/mol. The summed E-state index contributed by atoms with van der Waals surface area (Å²) in [6, 6.07) is 11.3. The number of aromatic nitrogens is 1. The lowest BCUT2D eigenvalue weighted by atomic mass is 10.2. The van der Waals surface area contributed by atoms with Gasteiger partial charge in [-0.3, -0.25) is 4.79 Å². The van der Waals surface area contributed by atoms with Gasteiger partial charge in [-0.2, -0.15) is 0 Å². The third-order valence-electron chi connectivity index (χ3n) is 3.26. The van der Waals surface area contributed by atoms with Gasteiger partial charge < -0.3 is 14.8 Å². The highest BCUT2D eigenvalue weighted by Crippen LogP contribution is 2.31. The zero-order valence-corrected chi connectivity index (χ0v) is 14.1. The first-order valence-electron chi connectivity index (χ1n) is 7.15. The molecule has 3 rings (SSSR count). The topological polar surface area (TPSA) is 75.4 Å². The van der Waals surface area contributed by atoms with E-state index in [0.29, 0.717) is 5.76 Å². The summed E-state index contributed by atoms with van der Waals surface area (Å²) in [5, 5.41) is 12.3. The van der Waals surface area contributed by atoms with Crippen molar-refractivity contribution in [2.24, 2.45) is 0 Å². The van der Waals surface area contributed by atoms with Crippen LogP contribution in [-0.2, 0) is 4.79 Å². The SMILES string of the molecule is C[C@H](Sc1nc2ccccc2s1)C(=O)NC[C@@H](O)c1ccco1. The first kappa shape index (κ1) is 16.0. The van der Waals surface area contributed by atoms with Crippen LogP contribution in [0.4, 0.5) is 0 Å². The van der Waals surface area contributed by atoms with Crippen molar-refractivity contribution in [2.45, 2.75) is 22.6 Å². The number of aliphatic hydroxyl groups is 1. The van der Waals surface area contributed by atoms with Crippen LogP contribution < -0.4 is 5.32 Å². The smallest absolute Gasteiger partial charge is 0.233 e. The molecule has 0 aliphatic heterocycles. The van der Waals surface area contributed by atoms with Crippen LogP contribution in [0.1, 0.15) is 18.8 Å². The van der Waals surface area contributed by atoms with E-state index in [1.807, 2.05) is 31.2 Å². The molecule has 2 atom stereocenters. The number of aliphatic hydroxyl groups excluding tert-OH is 1. The fourth-order valence-electron chi connectivity index (χ4n) is 2.03. The van der Waals surface area contributed by atoms with Crippen molar-refractivity contribution >= 4 is 39.2 Å². The summed E-state index contributed by atoms with van der Waals surface area (Å²) in [5.74, 6) is 0.302. The minimum atomic E-state index is -0.839. The maximum Gasteiger partial charge on any atom is 0.233 e. The Morgan fingerprint density at radius 1 is 1.39 bits per heavy atom. The Hall–Kier alpha value is -1.83. The number of nitrogens with zero attached hydrogens (tertiary/aromatic N) is 1. The second-order valence-electron chi connectivity index (χ2n) is 4.98. The van der Waals surface area contributed by atoms with Gasteiger partial charge in [0, 0.05) is 0 Å². The molecule has 0 saturated heterocycles. The van der Waals surface area contributed by atoms with E-state index in [-0.39, 0.29) is 17.7 Å². The predicted octanol–water partition coefficient (Wildman–Crippen LogP) is 3.22. The average Bonchev–Trinajstić information content (AvgIpc) is 3.20. The molecule has 0 aliphatic rings. The standard InChI is InChI=1S/C16H16N2O3S2/c1-10(15(20)17-9-12(19)13-6-4-8-21-13)22-16-18-11-5-2-3-7-14(11)23-16/h2-8,10,12,19H,9H2,1H3,(H,17,20)/t10-,12+/m0/s1. The van der Waals surface area contributed by atoms with Crippen LogP contribution >= 0.6 is 23.1 Å². The number of hydrogen-bond acceptors (Lipinski definition) is 6. The van der Waals surface area contributed by atoms with Crippen LogP contribution in [0.3, 0.4) is 0 Å². The van der Waals surface area contributed by atoms with E-state index in [9.17, 15) is 9.90 Å². The summed E-state index contributed by atoms with van der Waals surface area (Å²) < 4.78 is 7.07. The molecule has 120 valence electrons. The molecular formula is C16H16N2O3S2. The Kier molecular flexibility index (Phi) is 5.00. The number of thioether (sulfide) groups is 1. The quantitative estimate of drug-likeness (QED) is 0.669. The summed E-state index contributed by atoms with van der Waals surface area (Å²) in [6.07, 6.45) is 0.653. The maximum atomic E-state index is 12.1. The molecule has 23 heavy (non-hydrogen) atoms. The van der Waals surface area contributed by atoms with Gasteiger partial charge in [-0.25, -0.2) is 4.98 Å². The molecule has 0 fully saturated rings. The molecule has 5 nitrogen and oxygen atoms in total. The number of thiazole rings is 1. The van der Waals surface area contributed by atoms with Crippen molar-refractivity contribution in [1.29, 1.82) is 0 Å². The third-order valence-corrected chi connectivity index (χ3v) is 5.49. The van der Waals surface area contributed by atoms with E-state index in [4.69, 9.17) is 4.42 Å². The Bertz CT molecular complexity index is 753. The van der Waals surface area contributed by atoms with E-state index in [1.54, 1.807) is 23.5 Å². The Morgan fingerprint density at radius 3 is 2.96 bits per heavy atom. The highest BCUT2D eigenvalue weighted by atomic mass is 32.2. The lowest BCUT2D eigenvalue weighted by Crippen LogP contribution is -2.34. The van der Waals surface area contributed by atoms with E-state index in [0.717, 1.165) is 14.6 Å². The second kappa shape index (κ2) is 7.16. The van der Waals surface area contributed by atoms with Gasteiger partial charge in [0.25, 0.3) is 0 Å². The van der Waals surface area contributed by atoms with Crippen molar-refractivity contribution < 1.29 is 14.3 Å². The highest BCUT2D eigenvalue weighted by molar-refractivity contribution is 8.02. The molecule has 0 saturated carbocycles. The Morgan fingerprint density at radius 2 is 2.22 bits per heavy atom. The van der Waals surface area contributed by atoms with Crippen LogP contribution in [0.15, 0.2) is 51.4 Å². The molecule has 0 aliphatic carbocycles. The largest absolute Gasteiger partial charge is 0.467 e. The van der Waals surface area contributed by atoms with Crippen molar-refractivity contribution in [2.75, 3.05) is 6.54 Å².